The summed E-state index contributed by atoms with van der Waals surface area (Å²) < 4.78 is 34.5. The van der Waals surface area contributed by atoms with Crippen molar-refractivity contribution in [3.05, 3.63) is 126 Å². The molecule has 0 aromatic heterocycles. The molecule has 222 valence electrons. The van der Waals surface area contributed by atoms with Crippen molar-refractivity contribution in [1.82, 2.24) is 10.0 Å². The van der Waals surface area contributed by atoms with Crippen LogP contribution >= 0.6 is 0 Å². The van der Waals surface area contributed by atoms with E-state index in [2.05, 4.69) is 10.0 Å². The van der Waals surface area contributed by atoms with E-state index in [4.69, 9.17) is 4.74 Å². The van der Waals surface area contributed by atoms with Crippen molar-refractivity contribution in [3.63, 3.8) is 0 Å². The van der Waals surface area contributed by atoms with Crippen molar-refractivity contribution in [1.29, 1.82) is 0 Å². The maximum Gasteiger partial charge on any atom is 0.262 e. The van der Waals surface area contributed by atoms with Crippen LogP contribution in [0, 0.1) is 0 Å². The number of sulfonamides is 1. The molecule has 1 aliphatic rings. The number of anilines is 1. The summed E-state index contributed by atoms with van der Waals surface area (Å²) in [5, 5.41) is 2.93. The van der Waals surface area contributed by atoms with Gasteiger partial charge in [-0.15, -0.1) is 0 Å². The fourth-order valence-corrected chi connectivity index (χ4v) is 6.26. The largest absolute Gasteiger partial charge is 0.477 e. The molecule has 4 aromatic carbocycles. The number of benzene rings is 4. The van der Waals surface area contributed by atoms with Crippen molar-refractivity contribution in [2.24, 2.45) is 0 Å². The van der Waals surface area contributed by atoms with Crippen molar-refractivity contribution >= 4 is 27.5 Å². The average Bonchev–Trinajstić information content (AvgIpc) is 3.04. The van der Waals surface area contributed by atoms with Gasteiger partial charge >= 0.3 is 0 Å². The first-order valence-electron chi connectivity index (χ1n) is 14.3. The summed E-state index contributed by atoms with van der Waals surface area (Å²) in [7, 11) is -3.72. The molecular formula is C34H35N3O5S. The normalized spacial score (nSPS) is 15.2. The lowest BCUT2D eigenvalue weighted by Crippen LogP contribution is -2.51. The summed E-state index contributed by atoms with van der Waals surface area (Å²) in [5.74, 6) is 0.0696. The van der Waals surface area contributed by atoms with E-state index in [0.717, 1.165) is 16.7 Å². The van der Waals surface area contributed by atoms with Crippen LogP contribution in [0.1, 0.15) is 36.1 Å². The number of rotatable bonds is 11. The van der Waals surface area contributed by atoms with Crippen LogP contribution in [0.3, 0.4) is 0 Å². The van der Waals surface area contributed by atoms with Gasteiger partial charge in [-0.25, -0.2) is 13.1 Å². The zero-order chi connectivity index (χ0) is 30.2. The van der Waals surface area contributed by atoms with Gasteiger partial charge in [0.15, 0.2) is 6.10 Å². The van der Waals surface area contributed by atoms with Gasteiger partial charge in [0.05, 0.1) is 17.1 Å². The quantitative estimate of drug-likeness (QED) is 0.258. The third-order valence-electron chi connectivity index (χ3n) is 7.42. The predicted molar refractivity (Wildman–Crippen MR) is 166 cm³/mol. The minimum absolute atomic E-state index is 0.107. The maximum absolute atomic E-state index is 13.4. The van der Waals surface area contributed by atoms with Crippen LogP contribution in [0.25, 0.3) is 0 Å². The minimum Gasteiger partial charge on any atom is -0.477 e. The number of amides is 2. The van der Waals surface area contributed by atoms with E-state index < -0.39 is 16.1 Å². The van der Waals surface area contributed by atoms with E-state index in [1.165, 1.54) is 0 Å². The second kappa shape index (κ2) is 13.7. The first-order valence-corrected chi connectivity index (χ1v) is 15.8. The van der Waals surface area contributed by atoms with Crippen molar-refractivity contribution in [2.45, 2.75) is 43.2 Å². The smallest absolute Gasteiger partial charge is 0.262 e. The zero-order valence-corrected chi connectivity index (χ0v) is 24.8. The number of fused-ring (bicyclic) bond motifs is 1. The molecule has 2 atom stereocenters. The summed E-state index contributed by atoms with van der Waals surface area (Å²) in [6, 6.07) is 32.6. The molecule has 2 N–H and O–H groups in total. The molecule has 9 heteroatoms. The molecule has 43 heavy (non-hydrogen) atoms. The van der Waals surface area contributed by atoms with Crippen LogP contribution < -0.4 is 19.7 Å². The van der Waals surface area contributed by atoms with Crippen LogP contribution in [-0.2, 0) is 32.5 Å². The maximum atomic E-state index is 13.4. The molecule has 4 aromatic rings. The Hall–Kier alpha value is -4.47. The van der Waals surface area contributed by atoms with Crippen LogP contribution in [0.4, 0.5) is 5.69 Å². The van der Waals surface area contributed by atoms with Gasteiger partial charge in [-0.3, -0.25) is 9.59 Å². The van der Waals surface area contributed by atoms with Crippen molar-refractivity contribution in [2.75, 3.05) is 18.0 Å². The third-order valence-corrected chi connectivity index (χ3v) is 8.97. The number of nitrogens with one attached hydrogen (secondary N) is 2. The Balaban J connectivity index is 1.18. The number of aryl methyl sites for hydroxylation is 1. The fourth-order valence-electron chi connectivity index (χ4n) is 5.03. The number of carbonyl (C=O) groups is 2. The highest BCUT2D eigenvalue weighted by atomic mass is 32.2. The van der Waals surface area contributed by atoms with E-state index in [-0.39, 0.29) is 35.7 Å². The Morgan fingerprint density at radius 2 is 1.47 bits per heavy atom. The van der Waals surface area contributed by atoms with Gasteiger partial charge in [0.25, 0.3) is 5.91 Å². The highest BCUT2D eigenvalue weighted by Crippen LogP contribution is 2.33. The molecular weight excluding hydrogens is 562 g/mol. The van der Waals surface area contributed by atoms with Gasteiger partial charge in [0, 0.05) is 19.0 Å². The van der Waals surface area contributed by atoms with Gasteiger partial charge in [-0.1, -0.05) is 84.9 Å². The summed E-state index contributed by atoms with van der Waals surface area (Å²) in [6.07, 6.45) is 0.470. The van der Waals surface area contributed by atoms with Gasteiger partial charge < -0.3 is 15.0 Å². The molecule has 2 amide bonds. The molecule has 8 nitrogen and oxygen atoms in total. The van der Waals surface area contributed by atoms with E-state index in [0.29, 0.717) is 30.8 Å². The lowest BCUT2D eigenvalue weighted by Gasteiger charge is -2.34. The number of carbonyl (C=O) groups excluding carboxylic acids is 2. The molecule has 5 rings (SSSR count). The van der Waals surface area contributed by atoms with Gasteiger partial charge in [-0.05, 0) is 60.7 Å². The first kappa shape index (κ1) is 30.0. The molecule has 0 aliphatic carbocycles. The molecule has 0 saturated heterocycles. The summed E-state index contributed by atoms with van der Waals surface area (Å²) in [6.45, 7) is 2.37. The Kier molecular flexibility index (Phi) is 9.54. The number of hydrogen-bond acceptors (Lipinski definition) is 5. The molecule has 0 radical (unpaired) electrons. The SMILES string of the molecule is C[C@H](NS(=O)(=O)c1ccc(CCC(=O)N2C[C@@H](C(=O)NCCc3ccccc3)Oc3ccccc32)cc1)c1ccccc1. The lowest BCUT2D eigenvalue weighted by atomic mass is 10.1. The Bertz CT molecular complexity index is 1640. The zero-order valence-electron chi connectivity index (χ0n) is 24.0. The summed E-state index contributed by atoms with van der Waals surface area (Å²) >= 11 is 0. The molecule has 0 spiro atoms. The van der Waals surface area contributed by atoms with Crippen LogP contribution in [0.15, 0.2) is 114 Å². The Morgan fingerprint density at radius 1 is 0.837 bits per heavy atom. The fraction of sp³-hybridized carbons (Fsp3) is 0.235. The summed E-state index contributed by atoms with van der Waals surface area (Å²) in [5.41, 5.74) is 3.46. The molecule has 1 heterocycles. The molecule has 0 saturated carbocycles. The topological polar surface area (TPSA) is 105 Å². The van der Waals surface area contributed by atoms with Gasteiger partial charge in [-0.2, -0.15) is 0 Å². The monoisotopic (exact) mass is 597 g/mol. The third kappa shape index (κ3) is 7.68. The van der Waals surface area contributed by atoms with E-state index in [1.54, 1.807) is 48.2 Å². The molecule has 0 unspecified atom stereocenters. The highest BCUT2D eigenvalue weighted by molar-refractivity contribution is 7.89. The average molecular weight is 598 g/mol. The van der Waals surface area contributed by atoms with Crippen LogP contribution in [0.2, 0.25) is 0 Å². The number of hydrogen-bond donors (Lipinski definition) is 2. The first-order chi connectivity index (χ1) is 20.8. The molecule has 0 fully saturated rings. The standard InChI is InChI=1S/C34H35N3O5S/c1-25(28-12-6-3-7-13-28)36-43(40,41)29-19-16-27(17-20-29)18-21-33(38)37-24-32(42-31-15-9-8-14-30(31)37)34(39)35-23-22-26-10-4-2-5-11-26/h2-17,19-20,25,32,36H,18,21-24H2,1H3,(H,35,39)/t25-,32-/m0/s1. The number of para-hydroxylation sites is 2. The van der Waals surface area contributed by atoms with Crippen molar-refractivity contribution < 1.29 is 22.7 Å². The Labute approximate surface area is 252 Å². The molecule has 1 aliphatic heterocycles. The van der Waals surface area contributed by atoms with E-state index >= 15 is 0 Å². The van der Waals surface area contributed by atoms with Gasteiger partial charge in [0.2, 0.25) is 15.9 Å². The highest BCUT2D eigenvalue weighted by Gasteiger charge is 2.33. The second-order valence-electron chi connectivity index (χ2n) is 10.5. The number of nitrogens with zero attached hydrogens (tertiary/aromatic N) is 1. The molecule has 0 bridgehead atoms. The van der Waals surface area contributed by atoms with Gasteiger partial charge in [0.1, 0.15) is 5.75 Å². The van der Waals surface area contributed by atoms with Crippen LogP contribution in [0.5, 0.6) is 5.75 Å². The van der Waals surface area contributed by atoms with Crippen LogP contribution in [-0.4, -0.2) is 39.4 Å². The summed E-state index contributed by atoms with van der Waals surface area (Å²) in [4.78, 5) is 28.2. The lowest BCUT2D eigenvalue weighted by molar-refractivity contribution is -0.128. The van der Waals surface area contributed by atoms with E-state index in [1.807, 2.05) is 72.8 Å². The number of ether oxygens (including phenoxy) is 1. The van der Waals surface area contributed by atoms with E-state index in [9.17, 15) is 18.0 Å². The Morgan fingerprint density at radius 3 is 2.19 bits per heavy atom. The minimum atomic E-state index is -3.72. The second-order valence-corrected chi connectivity index (χ2v) is 12.2. The predicted octanol–water partition coefficient (Wildman–Crippen LogP) is 4.81. The van der Waals surface area contributed by atoms with Crippen molar-refractivity contribution in [3.8, 4) is 5.75 Å².